The third-order valence-corrected chi connectivity index (χ3v) is 3.83. The summed E-state index contributed by atoms with van der Waals surface area (Å²) in [5.41, 5.74) is 1.66. The van der Waals surface area contributed by atoms with Crippen LogP contribution in [0.3, 0.4) is 0 Å². The fourth-order valence-corrected chi connectivity index (χ4v) is 2.38. The summed E-state index contributed by atoms with van der Waals surface area (Å²) in [5.74, 6) is 0.336. The van der Waals surface area contributed by atoms with Crippen LogP contribution in [0.25, 0.3) is 0 Å². The third kappa shape index (κ3) is 1.73. The van der Waals surface area contributed by atoms with Crippen LogP contribution < -0.4 is 0 Å². The minimum absolute atomic E-state index is 0.0979. The lowest BCUT2D eigenvalue weighted by Crippen LogP contribution is -2.43. The average Bonchev–Trinajstić information content (AvgIpc) is 2.26. The van der Waals surface area contributed by atoms with Crippen LogP contribution in [0.2, 0.25) is 0 Å². The number of nitro groups is 1. The molecule has 0 spiro atoms. The van der Waals surface area contributed by atoms with Crippen LogP contribution in [0.1, 0.15) is 37.3 Å². The highest BCUT2D eigenvalue weighted by atomic mass is 16.6. The van der Waals surface area contributed by atoms with Gasteiger partial charge in [-0.05, 0) is 18.1 Å². The molecular formula is C13H15NO3. The number of hydrogen-bond donors (Lipinski definition) is 0. The third-order valence-electron chi connectivity index (χ3n) is 3.83. The van der Waals surface area contributed by atoms with E-state index < -0.39 is 4.92 Å². The molecule has 1 saturated carbocycles. The molecule has 2 rings (SSSR count). The van der Waals surface area contributed by atoms with Gasteiger partial charge in [0, 0.05) is 29.9 Å². The van der Waals surface area contributed by atoms with E-state index in [2.05, 4.69) is 0 Å². The fraction of sp³-hybridized carbons (Fsp3) is 0.462. The second-order valence-corrected chi connectivity index (χ2v) is 5.20. The fourth-order valence-electron chi connectivity index (χ4n) is 2.38. The maximum atomic E-state index is 11.5. The summed E-state index contributed by atoms with van der Waals surface area (Å²) in [5, 5.41) is 10.8. The Morgan fingerprint density at radius 1 is 1.41 bits per heavy atom. The molecule has 90 valence electrons. The molecule has 0 radical (unpaired) electrons. The smallest absolute Gasteiger partial charge is 0.269 e. The molecule has 1 unspecified atom stereocenters. The Kier molecular flexibility index (Phi) is 2.53. The van der Waals surface area contributed by atoms with E-state index in [9.17, 15) is 14.9 Å². The lowest BCUT2D eigenvalue weighted by Gasteiger charge is -2.43. The zero-order chi connectivity index (χ0) is 12.8. The molecule has 0 bridgehead atoms. The molecule has 0 amide bonds. The Morgan fingerprint density at radius 2 is 2.06 bits per heavy atom. The van der Waals surface area contributed by atoms with E-state index in [0.717, 1.165) is 11.1 Å². The van der Waals surface area contributed by atoms with Crippen LogP contribution >= 0.6 is 0 Å². The number of Topliss-reactive ketones (excluding diaryl/α,β-unsaturated/α-hetero) is 1. The standard InChI is InChI=1S/C13H15NO3/c1-8-4-5-9(14(16)17)6-10(8)11-7-12(15)13(11,2)3/h4-6,11H,7H2,1-3H3. The van der Waals surface area contributed by atoms with Crippen LogP contribution in [0.5, 0.6) is 0 Å². The minimum atomic E-state index is -0.392. The Bertz CT molecular complexity index is 505. The van der Waals surface area contributed by atoms with Gasteiger partial charge in [-0.2, -0.15) is 0 Å². The predicted molar refractivity (Wildman–Crippen MR) is 64.0 cm³/mol. The van der Waals surface area contributed by atoms with E-state index in [0.29, 0.717) is 6.42 Å². The topological polar surface area (TPSA) is 60.2 Å². The van der Waals surface area contributed by atoms with Gasteiger partial charge in [0.25, 0.3) is 5.69 Å². The molecule has 1 atom stereocenters. The first-order chi connectivity index (χ1) is 7.84. The largest absolute Gasteiger partial charge is 0.299 e. The van der Waals surface area contributed by atoms with Crippen molar-refractivity contribution in [3.63, 3.8) is 0 Å². The molecule has 1 aromatic carbocycles. The Labute approximate surface area is 99.8 Å². The molecule has 0 saturated heterocycles. The van der Waals surface area contributed by atoms with Crippen molar-refractivity contribution in [3.05, 3.63) is 39.4 Å². The molecule has 4 heteroatoms. The molecule has 0 aliphatic heterocycles. The van der Waals surface area contributed by atoms with Gasteiger partial charge < -0.3 is 0 Å². The van der Waals surface area contributed by atoms with Crippen molar-refractivity contribution in [2.45, 2.75) is 33.1 Å². The van der Waals surface area contributed by atoms with Crippen LogP contribution in [0.4, 0.5) is 5.69 Å². The second-order valence-electron chi connectivity index (χ2n) is 5.20. The Hall–Kier alpha value is -1.71. The summed E-state index contributed by atoms with van der Waals surface area (Å²) in [6.45, 7) is 5.74. The summed E-state index contributed by atoms with van der Waals surface area (Å²) in [6.07, 6.45) is 0.495. The zero-order valence-corrected chi connectivity index (χ0v) is 10.2. The van der Waals surface area contributed by atoms with Gasteiger partial charge >= 0.3 is 0 Å². The van der Waals surface area contributed by atoms with Gasteiger partial charge in [-0.15, -0.1) is 0 Å². The van der Waals surface area contributed by atoms with E-state index in [1.54, 1.807) is 12.1 Å². The van der Waals surface area contributed by atoms with E-state index in [1.165, 1.54) is 6.07 Å². The first kappa shape index (κ1) is 11.8. The van der Waals surface area contributed by atoms with Crippen molar-refractivity contribution in [2.24, 2.45) is 5.41 Å². The molecule has 0 aromatic heterocycles. The van der Waals surface area contributed by atoms with E-state index in [-0.39, 0.29) is 22.8 Å². The summed E-state index contributed by atoms with van der Waals surface area (Å²) in [7, 11) is 0. The molecule has 1 aromatic rings. The van der Waals surface area contributed by atoms with Crippen molar-refractivity contribution < 1.29 is 9.72 Å². The van der Waals surface area contributed by atoms with E-state index >= 15 is 0 Å². The summed E-state index contributed by atoms with van der Waals surface area (Å²) >= 11 is 0. The monoisotopic (exact) mass is 233 g/mol. The number of benzene rings is 1. The number of aryl methyl sites for hydroxylation is 1. The van der Waals surface area contributed by atoms with Crippen LogP contribution in [0.15, 0.2) is 18.2 Å². The second kappa shape index (κ2) is 3.65. The highest BCUT2D eigenvalue weighted by molar-refractivity contribution is 5.92. The molecule has 1 fully saturated rings. The summed E-state index contributed by atoms with van der Waals surface area (Å²) in [4.78, 5) is 21.9. The van der Waals surface area contributed by atoms with Crippen LogP contribution in [-0.4, -0.2) is 10.7 Å². The van der Waals surface area contributed by atoms with Crippen LogP contribution in [0, 0.1) is 22.5 Å². The predicted octanol–water partition coefficient (Wildman–Crippen LogP) is 2.99. The molecule has 1 aliphatic rings. The summed E-state index contributed by atoms with van der Waals surface area (Å²) in [6, 6.07) is 4.87. The highest BCUT2D eigenvalue weighted by Crippen LogP contribution is 2.50. The Balaban J connectivity index is 2.43. The molecule has 0 N–H and O–H groups in total. The number of nitrogens with zero attached hydrogens (tertiary/aromatic N) is 1. The summed E-state index contributed by atoms with van der Waals surface area (Å²) < 4.78 is 0. The van der Waals surface area contributed by atoms with Crippen molar-refractivity contribution in [1.29, 1.82) is 0 Å². The SMILES string of the molecule is Cc1ccc([N+](=O)[O-])cc1C1CC(=O)C1(C)C. The highest BCUT2D eigenvalue weighted by Gasteiger charge is 2.48. The average molecular weight is 233 g/mol. The number of nitro benzene ring substituents is 1. The molecule has 17 heavy (non-hydrogen) atoms. The number of carbonyl (C=O) groups is 1. The molecule has 4 nitrogen and oxygen atoms in total. The van der Waals surface area contributed by atoms with Gasteiger partial charge in [0.2, 0.25) is 0 Å². The van der Waals surface area contributed by atoms with Crippen molar-refractivity contribution in [3.8, 4) is 0 Å². The first-order valence-electron chi connectivity index (χ1n) is 5.62. The normalized spacial score (nSPS) is 22.1. The maximum Gasteiger partial charge on any atom is 0.269 e. The zero-order valence-electron chi connectivity index (χ0n) is 10.2. The van der Waals surface area contributed by atoms with Gasteiger partial charge in [-0.1, -0.05) is 19.9 Å². The number of hydrogen-bond acceptors (Lipinski definition) is 3. The Morgan fingerprint density at radius 3 is 2.53 bits per heavy atom. The lowest BCUT2D eigenvalue weighted by atomic mass is 9.58. The quantitative estimate of drug-likeness (QED) is 0.582. The van der Waals surface area contributed by atoms with Gasteiger partial charge in [-0.3, -0.25) is 14.9 Å². The maximum absolute atomic E-state index is 11.5. The van der Waals surface area contributed by atoms with Crippen molar-refractivity contribution >= 4 is 11.5 Å². The minimum Gasteiger partial charge on any atom is -0.299 e. The van der Waals surface area contributed by atoms with Crippen molar-refractivity contribution in [2.75, 3.05) is 0 Å². The van der Waals surface area contributed by atoms with Gasteiger partial charge in [0.1, 0.15) is 5.78 Å². The molecule has 1 aliphatic carbocycles. The number of carbonyl (C=O) groups excluding carboxylic acids is 1. The van der Waals surface area contributed by atoms with Gasteiger partial charge in [-0.25, -0.2) is 0 Å². The number of rotatable bonds is 2. The number of ketones is 1. The lowest BCUT2D eigenvalue weighted by molar-refractivity contribution is -0.385. The van der Waals surface area contributed by atoms with Gasteiger partial charge in [0.15, 0.2) is 0 Å². The molecule has 0 heterocycles. The van der Waals surface area contributed by atoms with Crippen LogP contribution in [-0.2, 0) is 4.79 Å². The van der Waals surface area contributed by atoms with E-state index in [1.807, 2.05) is 20.8 Å². The number of non-ortho nitro benzene ring substituents is 1. The molecular weight excluding hydrogens is 218 g/mol. The first-order valence-corrected chi connectivity index (χ1v) is 5.62. The van der Waals surface area contributed by atoms with Crippen molar-refractivity contribution in [1.82, 2.24) is 0 Å². The van der Waals surface area contributed by atoms with E-state index in [4.69, 9.17) is 0 Å². The van der Waals surface area contributed by atoms with Gasteiger partial charge in [0.05, 0.1) is 4.92 Å².